The van der Waals surface area contributed by atoms with Crippen LogP contribution in [0.3, 0.4) is 0 Å². The van der Waals surface area contributed by atoms with Gasteiger partial charge in [-0.2, -0.15) is 0 Å². The second-order valence-electron chi connectivity index (χ2n) is 6.03. The zero-order valence-electron chi connectivity index (χ0n) is 15.1. The van der Waals surface area contributed by atoms with Gasteiger partial charge >= 0.3 is 0 Å². The summed E-state index contributed by atoms with van der Waals surface area (Å²) >= 11 is 3.35. The van der Waals surface area contributed by atoms with Crippen LogP contribution in [0.5, 0.6) is 5.75 Å². The van der Waals surface area contributed by atoms with E-state index in [1.807, 2.05) is 26.0 Å². The molecule has 2 aromatic rings. The zero-order chi connectivity index (χ0) is 19.6. The Bertz CT molecular complexity index is 922. The van der Waals surface area contributed by atoms with Gasteiger partial charge in [-0.1, -0.05) is 22.0 Å². The Kier molecular flexibility index (Phi) is 5.51. The highest BCUT2D eigenvalue weighted by molar-refractivity contribution is 9.10. The number of aromatic hydroxyl groups is 1. The maximum Gasteiger partial charge on any atom is 0.282 e. The molecule has 0 unspecified atom stereocenters. The van der Waals surface area contributed by atoms with Crippen molar-refractivity contribution < 1.29 is 14.7 Å². The lowest BCUT2D eigenvalue weighted by Gasteiger charge is -2.21. The molecule has 2 N–H and O–H groups in total. The number of phenolic OH excluding ortho intramolecular Hbond substituents is 1. The molecule has 1 heterocycles. The van der Waals surface area contributed by atoms with Crippen molar-refractivity contribution in [1.82, 2.24) is 5.43 Å². The Balaban J connectivity index is 1.91. The molecular weight excluding hydrogens is 410 g/mol. The molecule has 0 spiro atoms. The summed E-state index contributed by atoms with van der Waals surface area (Å²) in [5, 5.41) is 11.5. The first-order valence-corrected chi connectivity index (χ1v) is 9.44. The highest BCUT2D eigenvalue weighted by atomic mass is 79.9. The van der Waals surface area contributed by atoms with Crippen molar-refractivity contribution in [2.45, 2.75) is 13.8 Å². The van der Waals surface area contributed by atoms with Crippen LogP contribution in [-0.4, -0.2) is 30.0 Å². The molecule has 0 atom stereocenters. The van der Waals surface area contributed by atoms with Gasteiger partial charge in [0.05, 0.1) is 5.69 Å². The van der Waals surface area contributed by atoms with Gasteiger partial charge < -0.3 is 10.0 Å². The number of rotatable bonds is 5. The predicted octanol–water partition coefficient (Wildman–Crippen LogP) is 3.46. The topological polar surface area (TPSA) is 72.9 Å². The number of hydrogen-bond donors (Lipinski definition) is 2. The van der Waals surface area contributed by atoms with E-state index in [2.05, 4.69) is 26.3 Å². The van der Waals surface area contributed by atoms with Crippen LogP contribution in [0.15, 0.2) is 52.5 Å². The van der Waals surface area contributed by atoms with Crippen molar-refractivity contribution in [2.75, 3.05) is 23.0 Å². The Labute approximate surface area is 166 Å². The van der Waals surface area contributed by atoms with Gasteiger partial charge in [-0.05, 0) is 50.3 Å². The molecule has 1 fully saturated rings. The van der Waals surface area contributed by atoms with E-state index in [9.17, 15) is 14.7 Å². The fourth-order valence-electron chi connectivity index (χ4n) is 2.95. The lowest BCUT2D eigenvalue weighted by atomic mass is 10.1. The molecule has 0 bridgehead atoms. The van der Waals surface area contributed by atoms with Crippen LogP contribution in [0.4, 0.5) is 11.4 Å². The molecule has 1 aliphatic heterocycles. The number of nitrogens with zero attached hydrogens (tertiary/aromatic N) is 2. The number of benzene rings is 2. The molecule has 3 rings (SSSR count). The molecule has 7 heteroatoms. The summed E-state index contributed by atoms with van der Waals surface area (Å²) in [4.78, 5) is 27.1. The lowest BCUT2D eigenvalue weighted by Crippen LogP contribution is -2.35. The van der Waals surface area contributed by atoms with E-state index in [-0.39, 0.29) is 11.3 Å². The first kappa shape index (κ1) is 19.0. The van der Waals surface area contributed by atoms with Gasteiger partial charge in [-0.3, -0.25) is 15.0 Å². The molecule has 6 nitrogen and oxygen atoms in total. The van der Waals surface area contributed by atoms with Gasteiger partial charge in [0.25, 0.3) is 11.8 Å². The molecule has 0 aliphatic carbocycles. The minimum absolute atomic E-state index is 0.0217. The second-order valence-corrected chi connectivity index (χ2v) is 6.95. The summed E-state index contributed by atoms with van der Waals surface area (Å²) in [6.45, 7) is 5.71. The maximum atomic E-state index is 12.7. The number of amides is 2. The third-order valence-electron chi connectivity index (χ3n) is 4.40. The molecule has 0 saturated carbocycles. The number of hydrazine groups is 1. The molecule has 1 aliphatic rings. The molecule has 0 aromatic heterocycles. The number of halogens is 1. The number of anilines is 2. The van der Waals surface area contributed by atoms with Crippen molar-refractivity contribution in [1.29, 1.82) is 0 Å². The Morgan fingerprint density at radius 1 is 1.15 bits per heavy atom. The zero-order valence-corrected chi connectivity index (χ0v) is 16.7. The first-order chi connectivity index (χ1) is 12.9. The average Bonchev–Trinajstić information content (AvgIpc) is 2.93. The summed E-state index contributed by atoms with van der Waals surface area (Å²) in [5.74, 6) is -0.953. The van der Waals surface area contributed by atoms with Crippen LogP contribution < -0.4 is 15.3 Å². The van der Waals surface area contributed by atoms with E-state index in [1.54, 1.807) is 30.3 Å². The minimum Gasteiger partial charge on any atom is -0.507 e. The predicted molar refractivity (Wildman–Crippen MR) is 109 cm³/mol. The summed E-state index contributed by atoms with van der Waals surface area (Å²) in [6.07, 6.45) is 1.41. The molecule has 1 saturated heterocycles. The van der Waals surface area contributed by atoms with Gasteiger partial charge in [-0.25, -0.2) is 5.01 Å². The van der Waals surface area contributed by atoms with Gasteiger partial charge in [0.2, 0.25) is 0 Å². The summed E-state index contributed by atoms with van der Waals surface area (Å²) in [5.41, 5.74) is 4.38. The first-order valence-electron chi connectivity index (χ1n) is 8.65. The van der Waals surface area contributed by atoms with Gasteiger partial charge in [0.1, 0.15) is 11.3 Å². The number of phenols is 1. The number of nitrogens with one attached hydrogen (secondary N) is 1. The van der Waals surface area contributed by atoms with Crippen molar-refractivity contribution in [3.63, 3.8) is 0 Å². The van der Waals surface area contributed by atoms with Crippen LogP contribution in [0.25, 0.3) is 6.08 Å². The van der Waals surface area contributed by atoms with Crippen molar-refractivity contribution in [2.24, 2.45) is 0 Å². The molecular formula is C20H20BrN3O3. The largest absolute Gasteiger partial charge is 0.507 e. The van der Waals surface area contributed by atoms with E-state index in [0.717, 1.165) is 23.2 Å². The summed E-state index contributed by atoms with van der Waals surface area (Å²) < 4.78 is 0.795. The Morgan fingerprint density at radius 2 is 1.89 bits per heavy atom. The number of carbonyl (C=O) groups is 2. The smallest absolute Gasteiger partial charge is 0.282 e. The maximum absolute atomic E-state index is 12.7. The van der Waals surface area contributed by atoms with Crippen molar-refractivity contribution in [3.8, 4) is 5.75 Å². The van der Waals surface area contributed by atoms with E-state index < -0.39 is 11.8 Å². The third-order valence-corrected chi connectivity index (χ3v) is 4.89. The van der Waals surface area contributed by atoms with Gasteiger partial charge in [-0.15, -0.1) is 0 Å². The van der Waals surface area contributed by atoms with Crippen molar-refractivity contribution in [3.05, 3.63) is 58.1 Å². The SMILES string of the molecule is CCN(CC)c1ccc(/C=C2\C(=O)NN(c3cccc(Br)c3)C2=O)c(O)c1. The normalized spacial score (nSPS) is 15.4. The lowest BCUT2D eigenvalue weighted by molar-refractivity contribution is -0.117. The Morgan fingerprint density at radius 3 is 2.52 bits per heavy atom. The van der Waals surface area contributed by atoms with Crippen molar-refractivity contribution >= 4 is 45.2 Å². The molecule has 27 heavy (non-hydrogen) atoms. The highest BCUT2D eigenvalue weighted by Crippen LogP contribution is 2.29. The van der Waals surface area contributed by atoms with Crippen LogP contribution in [0.2, 0.25) is 0 Å². The number of carbonyl (C=O) groups excluding carboxylic acids is 2. The number of hydrogen-bond acceptors (Lipinski definition) is 4. The molecule has 0 radical (unpaired) electrons. The Hall–Kier alpha value is -2.80. The van der Waals surface area contributed by atoms with E-state index in [0.29, 0.717) is 11.3 Å². The van der Waals surface area contributed by atoms with Crippen LogP contribution in [-0.2, 0) is 9.59 Å². The fourth-order valence-corrected chi connectivity index (χ4v) is 3.34. The van der Waals surface area contributed by atoms with Crippen LogP contribution >= 0.6 is 15.9 Å². The van der Waals surface area contributed by atoms with E-state index in [4.69, 9.17) is 0 Å². The standard InChI is InChI=1S/C20H20BrN3O3/c1-3-23(4-2)15-9-8-13(18(25)12-15)10-17-19(26)22-24(20(17)27)16-7-5-6-14(21)11-16/h5-12,25H,3-4H2,1-2H3,(H,22,26)/b17-10+. The highest BCUT2D eigenvalue weighted by Gasteiger charge is 2.34. The quantitative estimate of drug-likeness (QED) is 0.563. The van der Waals surface area contributed by atoms with Crippen LogP contribution in [0.1, 0.15) is 19.4 Å². The fraction of sp³-hybridized carbons (Fsp3) is 0.200. The summed E-state index contributed by atoms with van der Waals surface area (Å²) in [6, 6.07) is 12.3. The van der Waals surface area contributed by atoms with E-state index >= 15 is 0 Å². The third kappa shape index (κ3) is 3.83. The van der Waals surface area contributed by atoms with Gasteiger partial charge in [0, 0.05) is 34.9 Å². The van der Waals surface area contributed by atoms with Crippen LogP contribution in [0, 0.1) is 0 Å². The minimum atomic E-state index is -0.507. The average molecular weight is 430 g/mol. The van der Waals surface area contributed by atoms with E-state index in [1.165, 1.54) is 11.1 Å². The second kappa shape index (κ2) is 7.84. The molecule has 2 aromatic carbocycles. The summed E-state index contributed by atoms with van der Waals surface area (Å²) in [7, 11) is 0. The van der Waals surface area contributed by atoms with Gasteiger partial charge in [0.15, 0.2) is 0 Å². The molecule has 2 amide bonds. The molecule has 140 valence electrons. The monoisotopic (exact) mass is 429 g/mol.